The van der Waals surface area contributed by atoms with Crippen LogP contribution in [0, 0.1) is 0 Å². The van der Waals surface area contributed by atoms with E-state index in [4.69, 9.17) is 0 Å². The van der Waals surface area contributed by atoms with E-state index in [0.717, 1.165) is 16.6 Å². The van der Waals surface area contributed by atoms with E-state index in [1.54, 1.807) is 0 Å². The first-order chi connectivity index (χ1) is 5.77. The highest BCUT2D eigenvalue weighted by atomic mass is 79.9. The molecule has 1 aliphatic carbocycles. The lowest BCUT2D eigenvalue weighted by Crippen LogP contribution is -2.01. The van der Waals surface area contributed by atoms with Crippen molar-refractivity contribution in [3.8, 4) is 0 Å². The molecule has 1 rings (SSSR count). The molecule has 0 radical (unpaired) electrons. The van der Waals surface area contributed by atoms with Gasteiger partial charge in [0.15, 0.2) is 0 Å². The molecule has 3 heteroatoms. The second kappa shape index (κ2) is 4.67. The molecule has 0 spiro atoms. The topological polar surface area (TPSA) is 12.4 Å². The maximum atomic E-state index is 4.22. The monoisotopic (exact) mass is 243 g/mol. The SMILES string of the molecule is C=C1C=C(CBr)C=C/C1=N/SC. The fourth-order valence-corrected chi connectivity index (χ4v) is 1.63. The van der Waals surface area contributed by atoms with Crippen molar-refractivity contribution in [2.75, 3.05) is 11.6 Å². The van der Waals surface area contributed by atoms with Crippen LogP contribution in [0.5, 0.6) is 0 Å². The number of allylic oxidation sites excluding steroid dienone is 5. The zero-order valence-electron chi connectivity index (χ0n) is 6.88. The molecule has 0 aromatic heterocycles. The van der Waals surface area contributed by atoms with Gasteiger partial charge in [-0.25, -0.2) is 4.40 Å². The van der Waals surface area contributed by atoms with Gasteiger partial charge in [-0.1, -0.05) is 28.6 Å². The van der Waals surface area contributed by atoms with E-state index < -0.39 is 0 Å². The number of hydrogen-bond donors (Lipinski definition) is 0. The van der Waals surface area contributed by atoms with Crippen LogP contribution in [0.25, 0.3) is 0 Å². The smallest absolute Gasteiger partial charge is 0.0779 e. The lowest BCUT2D eigenvalue weighted by atomic mass is 10.0. The first-order valence-electron chi connectivity index (χ1n) is 3.53. The van der Waals surface area contributed by atoms with Crippen LogP contribution < -0.4 is 0 Å². The summed E-state index contributed by atoms with van der Waals surface area (Å²) in [5.41, 5.74) is 3.19. The maximum absolute atomic E-state index is 4.22. The van der Waals surface area contributed by atoms with Gasteiger partial charge in [0.2, 0.25) is 0 Å². The van der Waals surface area contributed by atoms with E-state index in [1.165, 1.54) is 17.5 Å². The molecule has 0 unspecified atom stereocenters. The summed E-state index contributed by atoms with van der Waals surface area (Å²) in [6, 6.07) is 0. The van der Waals surface area contributed by atoms with E-state index in [9.17, 15) is 0 Å². The maximum Gasteiger partial charge on any atom is 0.0779 e. The third-order valence-corrected chi connectivity index (χ3v) is 2.51. The summed E-state index contributed by atoms with van der Waals surface area (Å²) in [6.45, 7) is 3.92. The fourth-order valence-electron chi connectivity index (χ4n) is 0.909. The highest BCUT2D eigenvalue weighted by molar-refractivity contribution is 9.09. The van der Waals surface area contributed by atoms with Gasteiger partial charge in [0, 0.05) is 11.6 Å². The molecule has 0 amide bonds. The summed E-state index contributed by atoms with van der Waals surface area (Å²) in [5.74, 6) is 0. The van der Waals surface area contributed by atoms with E-state index in [0.29, 0.717) is 0 Å². The van der Waals surface area contributed by atoms with E-state index in [1.807, 2.05) is 18.4 Å². The fraction of sp³-hybridized carbons (Fsp3) is 0.222. The summed E-state index contributed by atoms with van der Waals surface area (Å²) in [7, 11) is 0. The summed E-state index contributed by atoms with van der Waals surface area (Å²) in [5, 5.41) is 0.870. The molecule has 0 saturated carbocycles. The first kappa shape index (κ1) is 9.81. The molecule has 0 aromatic carbocycles. The minimum Gasteiger partial charge on any atom is -0.216 e. The Hall–Kier alpha value is -0.280. The van der Waals surface area contributed by atoms with Crippen molar-refractivity contribution in [2.45, 2.75) is 0 Å². The summed E-state index contributed by atoms with van der Waals surface area (Å²) in [4.78, 5) is 0. The first-order valence-corrected chi connectivity index (χ1v) is 5.83. The molecule has 0 atom stereocenters. The molecule has 0 aromatic rings. The predicted octanol–water partition coefficient (Wildman–Crippen LogP) is 3.15. The molecule has 0 N–H and O–H groups in total. The second-order valence-corrected chi connectivity index (χ2v) is 3.48. The number of rotatable bonds is 2. The van der Waals surface area contributed by atoms with Crippen molar-refractivity contribution in [1.82, 2.24) is 0 Å². The zero-order valence-corrected chi connectivity index (χ0v) is 9.28. The zero-order chi connectivity index (χ0) is 8.97. The standard InChI is InChI=1S/C9H10BrNS/c1-7-5-8(6-10)3-4-9(7)11-12-2/h3-5H,1,6H2,2H3/b11-9-. The van der Waals surface area contributed by atoms with Gasteiger partial charge in [-0.15, -0.1) is 0 Å². The Morgan fingerprint density at radius 2 is 2.33 bits per heavy atom. The molecule has 1 aliphatic rings. The van der Waals surface area contributed by atoms with E-state index >= 15 is 0 Å². The van der Waals surface area contributed by atoms with Crippen LogP contribution in [0.3, 0.4) is 0 Å². The van der Waals surface area contributed by atoms with Crippen molar-refractivity contribution >= 4 is 33.6 Å². The van der Waals surface area contributed by atoms with Crippen molar-refractivity contribution in [3.05, 3.63) is 36.0 Å². The minimum absolute atomic E-state index is 0.870. The van der Waals surface area contributed by atoms with Crippen LogP contribution in [0.1, 0.15) is 0 Å². The third kappa shape index (κ3) is 2.35. The molecule has 12 heavy (non-hydrogen) atoms. The summed E-state index contributed by atoms with van der Waals surface area (Å²) in [6.07, 6.45) is 8.04. The molecule has 0 saturated heterocycles. The van der Waals surface area contributed by atoms with Crippen LogP contribution in [-0.2, 0) is 0 Å². The number of alkyl halides is 1. The normalized spacial score (nSPS) is 20.0. The van der Waals surface area contributed by atoms with Gasteiger partial charge in [-0.3, -0.25) is 0 Å². The third-order valence-electron chi connectivity index (χ3n) is 1.49. The van der Waals surface area contributed by atoms with Crippen LogP contribution in [-0.4, -0.2) is 17.3 Å². The lowest BCUT2D eigenvalue weighted by Gasteiger charge is -2.07. The number of halogens is 1. The average Bonchev–Trinajstić information content (AvgIpc) is 2.09. The molecular formula is C9H10BrNS. The Balaban J connectivity index is 2.82. The van der Waals surface area contributed by atoms with Crippen LogP contribution in [0.2, 0.25) is 0 Å². The predicted molar refractivity (Wildman–Crippen MR) is 61.1 cm³/mol. The highest BCUT2D eigenvalue weighted by Crippen LogP contribution is 2.15. The number of nitrogens with zero attached hydrogens (tertiary/aromatic N) is 1. The minimum atomic E-state index is 0.870. The molecule has 0 aliphatic heterocycles. The number of hydrogen-bond acceptors (Lipinski definition) is 2. The largest absolute Gasteiger partial charge is 0.216 e. The van der Waals surface area contributed by atoms with E-state index in [-0.39, 0.29) is 0 Å². The summed E-state index contributed by atoms with van der Waals surface area (Å²) < 4.78 is 4.22. The van der Waals surface area contributed by atoms with Gasteiger partial charge < -0.3 is 0 Å². The average molecular weight is 244 g/mol. The van der Waals surface area contributed by atoms with Crippen LogP contribution >= 0.6 is 27.9 Å². The molecule has 64 valence electrons. The molecule has 0 bridgehead atoms. The second-order valence-electron chi connectivity index (χ2n) is 2.37. The van der Waals surface area contributed by atoms with E-state index in [2.05, 4.69) is 33.0 Å². The van der Waals surface area contributed by atoms with Crippen LogP contribution in [0.15, 0.2) is 40.4 Å². The van der Waals surface area contributed by atoms with Gasteiger partial charge in [0.1, 0.15) is 0 Å². The molecule has 0 fully saturated rings. The van der Waals surface area contributed by atoms with Gasteiger partial charge in [0.05, 0.1) is 5.71 Å². The van der Waals surface area contributed by atoms with Crippen molar-refractivity contribution in [3.63, 3.8) is 0 Å². The Morgan fingerprint density at radius 3 is 2.83 bits per heavy atom. The van der Waals surface area contributed by atoms with Gasteiger partial charge in [-0.2, -0.15) is 0 Å². The molecular weight excluding hydrogens is 234 g/mol. The quantitative estimate of drug-likeness (QED) is 0.537. The Bertz CT molecular complexity index is 276. The molecule has 0 heterocycles. The van der Waals surface area contributed by atoms with Crippen molar-refractivity contribution < 1.29 is 0 Å². The van der Waals surface area contributed by atoms with Crippen molar-refractivity contribution in [2.24, 2.45) is 4.40 Å². The van der Waals surface area contributed by atoms with Crippen LogP contribution in [0.4, 0.5) is 0 Å². The Kier molecular flexibility index (Phi) is 3.82. The highest BCUT2D eigenvalue weighted by Gasteiger charge is 2.04. The Morgan fingerprint density at radius 1 is 1.58 bits per heavy atom. The summed E-state index contributed by atoms with van der Waals surface area (Å²) >= 11 is 4.85. The van der Waals surface area contributed by atoms with Gasteiger partial charge in [0.25, 0.3) is 0 Å². The van der Waals surface area contributed by atoms with Gasteiger partial charge >= 0.3 is 0 Å². The van der Waals surface area contributed by atoms with Gasteiger partial charge in [-0.05, 0) is 35.2 Å². The Labute approximate surface area is 85.6 Å². The lowest BCUT2D eigenvalue weighted by molar-refractivity contribution is 1.52. The molecule has 1 nitrogen and oxygen atoms in total. The van der Waals surface area contributed by atoms with Crippen molar-refractivity contribution in [1.29, 1.82) is 0 Å².